The van der Waals surface area contributed by atoms with Gasteiger partial charge in [-0.15, -0.1) is 0 Å². The van der Waals surface area contributed by atoms with Gasteiger partial charge in [0.25, 0.3) is 0 Å². The second-order valence-corrected chi connectivity index (χ2v) is 2.84. The molecule has 13 heavy (non-hydrogen) atoms. The molecule has 0 saturated heterocycles. The summed E-state index contributed by atoms with van der Waals surface area (Å²) in [4.78, 5) is 4.02. The van der Waals surface area contributed by atoms with Gasteiger partial charge in [-0.1, -0.05) is 11.6 Å². The lowest BCUT2D eigenvalue weighted by Gasteiger charge is -2.07. The number of pyridine rings is 1. The van der Waals surface area contributed by atoms with E-state index in [1.165, 1.54) is 0 Å². The molecule has 0 aromatic carbocycles. The Morgan fingerprint density at radius 3 is 3.00 bits per heavy atom. The lowest BCUT2D eigenvalue weighted by molar-refractivity contribution is 1.16. The van der Waals surface area contributed by atoms with Crippen LogP contribution in [0.1, 0.15) is 12.5 Å². The lowest BCUT2D eigenvalue weighted by Crippen LogP contribution is -2.13. The van der Waals surface area contributed by atoms with Crippen LogP contribution in [0.15, 0.2) is 12.3 Å². The molecule has 4 nitrogen and oxygen atoms in total. The smallest absolute Gasteiger partial charge is 0.145 e. The quantitative estimate of drug-likeness (QED) is 0.508. The number of nitrogens with zero attached hydrogens (tertiary/aromatic N) is 1. The minimum absolute atomic E-state index is 0.0495. The average molecular weight is 199 g/mol. The predicted molar refractivity (Wildman–Crippen MR) is 54.4 cm³/mol. The molecule has 1 aromatic heterocycles. The molecule has 0 bridgehead atoms. The molecule has 0 fully saturated rings. The fraction of sp³-hybridized carbons (Fsp3) is 0.250. The zero-order chi connectivity index (χ0) is 9.84. The Morgan fingerprint density at radius 1 is 1.77 bits per heavy atom. The Bertz CT molecular complexity index is 324. The highest BCUT2D eigenvalue weighted by Crippen LogP contribution is 2.22. The van der Waals surface area contributed by atoms with E-state index >= 15 is 0 Å². The molecule has 0 atom stereocenters. The topological polar surface area (TPSA) is 74.8 Å². The maximum absolute atomic E-state index is 7.24. The fourth-order valence-corrected chi connectivity index (χ4v) is 1.22. The van der Waals surface area contributed by atoms with Crippen molar-refractivity contribution < 1.29 is 0 Å². The molecule has 0 radical (unpaired) electrons. The van der Waals surface area contributed by atoms with Gasteiger partial charge >= 0.3 is 0 Å². The Hall–Kier alpha value is -1.29. The number of anilines is 1. The zero-order valence-electron chi connectivity index (χ0n) is 7.26. The van der Waals surface area contributed by atoms with Crippen LogP contribution < -0.4 is 11.1 Å². The molecule has 70 valence electrons. The van der Waals surface area contributed by atoms with Gasteiger partial charge in [-0.05, 0) is 13.0 Å². The molecule has 1 rings (SSSR count). The van der Waals surface area contributed by atoms with E-state index in [0.717, 1.165) is 6.54 Å². The van der Waals surface area contributed by atoms with Crippen LogP contribution >= 0.6 is 11.6 Å². The molecular weight excluding hydrogens is 188 g/mol. The van der Waals surface area contributed by atoms with E-state index < -0.39 is 0 Å². The second-order valence-electron chi connectivity index (χ2n) is 2.47. The van der Waals surface area contributed by atoms with Gasteiger partial charge in [-0.2, -0.15) is 0 Å². The minimum atomic E-state index is -0.0495. The first kappa shape index (κ1) is 9.80. The molecule has 1 aromatic rings. The molecule has 0 aliphatic rings. The lowest BCUT2D eigenvalue weighted by atomic mass is 10.2. The molecule has 4 N–H and O–H groups in total. The third-order valence-electron chi connectivity index (χ3n) is 1.52. The van der Waals surface area contributed by atoms with Crippen molar-refractivity contribution in [2.75, 3.05) is 11.9 Å². The molecule has 0 saturated carbocycles. The highest BCUT2D eigenvalue weighted by atomic mass is 35.5. The van der Waals surface area contributed by atoms with E-state index in [4.69, 9.17) is 22.7 Å². The van der Waals surface area contributed by atoms with Gasteiger partial charge < -0.3 is 11.1 Å². The largest absolute Gasteiger partial charge is 0.384 e. The number of amidine groups is 1. The van der Waals surface area contributed by atoms with Crippen LogP contribution in [0.25, 0.3) is 0 Å². The van der Waals surface area contributed by atoms with E-state index in [1.54, 1.807) is 12.3 Å². The number of hydrogen-bond acceptors (Lipinski definition) is 3. The van der Waals surface area contributed by atoms with Gasteiger partial charge in [0.2, 0.25) is 0 Å². The van der Waals surface area contributed by atoms with Crippen LogP contribution in [0.3, 0.4) is 0 Å². The van der Waals surface area contributed by atoms with E-state index in [1.807, 2.05) is 6.92 Å². The summed E-state index contributed by atoms with van der Waals surface area (Å²) in [7, 11) is 0. The Kier molecular flexibility index (Phi) is 3.08. The van der Waals surface area contributed by atoms with Crippen molar-refractivity contribution >= 4 is 23.3 Å². The number of nitrogens with two attached hydrogens (primary N) is 1. The monoisotopic (exact) mass is 198 g/mol. The van der Waals surface area contributed by atoms with Crippen molar-refractivity contribution in [2.24, 2.45) is 5.73 Å². The first-order valence-corrected chi connectivity index (χ1v) is 4.27. The summed E-state index contributed by atoms with van der Waals surface area (Å²) in [6.07, 6.45) is 1.57. The number of nitrogen functional groups attached to an aromatic ring is 1. The first-order valence-electron chi connectivity index (χ1n) is 3.89. The summed E-state index contributed by atoms with van der Waals surface area (Å²) in [5.41, 5.74) is 5.83. The third kappa shape index (κ3) is 2.09. The minimum Gasteiger partial charge on any atom is -0.384 e. The van der Waals surface area contributed by atoms with E-state index in [2.05, 4.69) is 10.3 Å². The average Bonchev–Trinajstić information content (AvgIpc) is 2.08. The van der Waals surface area contributed by atoms with Crippen molar-refractivity contribution in [2.45, 2.75) is 6.92 Å². The number of aromatic nitrogens is 1. The molecule has 0 amide bonds. The Labute approximate surface area is 81.6 Å². The van der Waals surface area contributed by atoms with Crippen molar-refractivity contribution in [1.82, 2.24) is 4.98 Å². The van der Waals surface area contributed by atoms with Gasteiger partial charge in [0.05, 0.1) is 5.02 Å². The van der Waals surface area contributed by atoms with Crippen molar-refractivity contribution in [1.29, 1.82) is 5.41 Å². The second kappa shape index (κ2) is 4.09. The molecule has 5 heteroatoms. The summed E-state index contributed by atoms with van der Waals surface area (Å²) in [6, 6.07) is 1.62. The maximum Gasteiger partial charge on any atom is 0.145 e. The molecule has 1 heterocycles. The Morgan fingerprint density at radius 2 is 2.46 bits per heavy atom. The summed E-state index contributed by atoms with van der Waals surface area (Å²) >= 11 is 5.94. The van der Waals surface area contributed by atoms with Crippen LogP contribution in [0.5, 0.6) is 0 Å². The van der Waals surface area contributed by atoms with Gasteiger partial charge in [-0.3, -0.25) is 5.41 Å². The van der Waals surface area contributed by atoms with Crippen molar-refractivity contribution in [3.05, 3.63) is 22.8 Å². The number of rotatable bonds is 3. The zero-order valence-corrected chi connectivity index (χ0v) is 8.02. The highest BCUT2D eigenvalue weighted by Gasteiger charge is 2.07. The van der Waals surface area contributed by atoms with Crippen LogP contribution in [0.4, 0.5) is 5.82 Å². The fourth-order valence-electron chi connectivity index (χ4n) is 0.942. The van der Waals surface area contributed by atoms with E-state index in [9.17, 15) is 0 Å². The number of halogens is 1. The molecule has 0 spiro atoms. The van der Waals surface area contributed by atoms with E-state index in [-0.39, 0.29) is 5.84 Å². The highest BCUT2D eigenvalue weighted by molar-refractivity contribution is 6.36. The maximum atomic E-state index is 7.24. The van der Waals surface area contributed by atoms with Gasteiger partial charge in [-0.25, -0.2) is 4.98 Å². The summed E-state index contributed by atoms with van der Waals surface area (Å²) in [6.45, 7) is 2.67. The molecule has 0 aliphatic heterocycles. The SMILES string of the molecule is CCNc1nccc(C(=N)N)c1Cl. The van der Waals surface area contributed by atoms with Crippen LogP contribution in [-0.4, -0.2) is 17.4 Å². The van der Waals surface area contributed by atoms with Crippen LogP contribution in [0, 0.1) is 5.41 Å². The number of hydrogen-bond donors (Lipinski definition) is 3. The van der Waals surface area contributed by atoms with Crippen LogP contribution in [-0.2, 0) is 0 Å². The summed E-state index contributed by atoms with van der Waals surface area (Å²) in [5, 5.41) is 10.6. The summed E-state index contributed by atoms with van der Waals surface area (Å²) in [5.74, 6) is 0.517. The molecule has 0 aliphatic carbocycles. The summed E-state index contributed by atoms with van der Waals surface area (Å²) < 4.78 is 0. The predicted octanol–water partition coefficient (Wildman–Crippen LogP) is 1.45. The molecule has 0 unspecified atom stereocenters. The van der Waals surface area contributed by atoms with Gasteiger partial charge in [0, 0.05) is 18.3 Å². The van der Waals surface area contributed by atoms with E-state index in [0.29, 0.717) is 16.4 Å². The van der Waals surface area contributed by atoms with Crippen molar-refractivity contribution in [3.8, 4) is 0 Å². The van der Waals surface area contributed by atoms with Gasteiger partial charge in [0.1, 0.15) is 11.7 Å². The van der Waals surface area contributed by atoms with Crippen LogP contribution in [0.2, 0.25) is 5.02 Å². The van der Waals surface area contributed by atoms with Gasteiger partial charge in [0.15, 0.2) is 0 Å². The van der Waals surface area contributed by atoms with Crippen molar-refractivity contribution in [3.63, 3.8) is 0 Å². The Balaban J connectivity index is 3.10. The standard InChI is InChI=1S/C8H11ClN4/c1-2-12-8-6(9)5(7(10)11)3-4-13-8/h3-4H,2H2,1H3,(H3,10,11)(H,12,13). The first-order chi connectivity index (χ1) is 6.16. The molecular formula is C8H11ClN4. The normalized spacial score (nSPS) is 9.69. The third-order valence-corrected chi connectivity index (χ3v) is 1.91. The number of nitrogens with one attached hydrogen (secondary N) is 2.